The van der Waals surface area contributed by atoms with Crippen LogP contribution in [-0.4, -0.2) is 52.6 Å². The highest BCUT2D eigenvalue weighted by molar-refractivity contribution is 6.02. The number of nitrogens with zero attached hydrogens (tertiary/aromatic N) is 2. The van der Waals surface area contributed by atoms with Crippen molar-refractivity contribution < 1.29 is 32.8 Å². The molecule has 1 aromatic carbocycles. The molecule has 3 aromatic rings. The first kappa shape index (κ1) is 38.1. The number of esters is 1. The van der Waals surface area contributed by atoms with Gasteiger partial charge >= 0.3 is 5.97 Å². The molecule has 2 fully saturated rings. The van der Waals surface area contributed by atoms with Crippen LogP contribution in [0.5, 0.6) is 0 Å². The Morgan fingerprint density at radius 1 is 1.11 bits per heavy atom. The summed E-state index contributed by atoms with van der Waals surface area (Å²) in [5.74, 6) is -1.67. The number of cyclic esters (lactones) is 1. The van der Waals surface area contributed by atoms with Gasteiger partial charge in [0.15, 0.2) is 5.69 Å². The molecule has 2 unspecified atom stereocenters. The predicted molar refractivity (Wildman–Crippen MR) is 175 cm³/mol. The number of anilines is 1. The molecule has 12 nitrogen and oxygen atoms in total. The summed E-state index contributed by atoms with van der Waals surface area (Å²) >= 11 is 0. The normalized spacial score (nSPS) is 16.2. The molecule has 0 radical (unpaired) electrons. The van der Waals surface area contributed by atoms with Gasteiger partial charge in [0.2, 0.25) is 11.8 Å². The number of aryl methyl sites for hydroxylation is 2. The summed E-state index contributed by atoms with van der Waals surface area (Å²) in [4.78, 5) is 61.8. The number of ether oxygens (including phenoxy) is 1. The van der Waals surface area contributed by atoms with E-state index in [0.29, 0.717) is 37.1 Å². The van der Waals surface area contributed by atoms with Crippen molar-refractivity contribution in [3.63, 3.8) is 0 Å². The minimum atomic E-state index is -0.619. The maximum Gasteiger partial charge on any atom is 0.333 e. The number of benzene rings is 1. The van der Waals surface area contributed by atoms with Crippen LogP contribution in [0.15, 0.2) is 69.6 Å². The Hall–Kier alpha value is -5.07. The summed E-state index contributed by atoms with van der Waals surface area (Å²) in [6.45, 7) is 12.1. The number of hydrogen-bond acceptors (Lipinski definition) is 8. The molecular formula is C34H44FN5O7. The summed E-state index contributed by atoms with van der Waals surface area (Å²) in [5, 5.41) is 11.6. The van der Waals surface area contributed by atoms with Gasteiger partial charge in [-0.05, 0) is 51.0 Å². The van der Waals surface area contributed by atoms with Crippen molar-refractivity contribution in [2.24, 2.45) is 5.92 Å². The van der Waals surface area contributed by atoms with Gasteiger partial charge in [-0.15, -0.1) is 0 Å². The zero-order chi connectivity index (χ0) is 34.9. The lowest BCUT2D eigenvalue weighted by Gasteiger charge is -2.19. The van der Waals surface area contributed by atoms with E-state index in [2.05, 4.69) is 21.1 Å². The maximum atomic E-state index is 12.8. The number of rotatable bonds is 8. The number of carbonyl (C=O) groups is 4. The molecule has 0 spiro atoms. The van der Waals surface area contributed by atoms with Crippen LogP contribution in [-0.2, 0) is 25.7 Å². The molecule has 2 saturated heterocycles. The molecule has 0 saturated carbocycles. The van der Waals surface area contributed by atoms with Gasteiger partial charge in [0, 0.05) is 42.8 Å². The molecule has 47 heavy (non-hydrogen) atoms. The summed E-state index contributed by atoms with van der Waals surface area (Å²) in [5.41, 5.74) is 0.944. The molecule has 254 valence electrons. The van der Waals surface area contributed by atoms with Crippen LogP contribution in [0.4, 0.5) is 10.1 Å². The van der Waals surface area contributed by atoms with E-state index >= 15 is 0 Å². The lowest BCUT2D eigenvalue weighted by Crippen LogP contribution is -2.40. The Balaban J connectivity index is 0.000000547. The molecule has 3 amide bonds. The van der Waals surface area contributed by atoms with Crippen molar-refractivity contribution in [3.8, 4) is 0 Å². The number of pyridine rings is 1. The first-order valence-corrected chi connectivity index (χ1v) is 15.7. The smallest absolute Gasteiger partial charge is 0.333 e. The molecule has 5 rings (SSSR count). The number of halogens is 1. The van der Waals surface area contributed by atoms with E-state index in [-0.39, 0.29) is 42.2 Å². The van der Waals surface area contributed by atoms with Gasteiger partial charge < -0.3 is 29.8 Å². The summed E-state index contributed by atoms with van der Waals surface area (Å²) in [6.07, 6.45) is 4.41. The zero-order valence-electron chi connectivity index (χ0n) is 27.7. The predicted octanol–water partition coefficient (Wildman–Crippen LogP) is 4.47. The first-order chi connectivity index (χ1) is 22.6. The van der Waals surface area contributed by atoms with E-state index in [0.717, 1.165) is 10.1 Å². The molecule has 2 aliphatic heterocycles. The number of aromatic nitrogens is 2. The van der Waals surface area contributed by atoms with Gasteiger partial charge in [-0.2, -0.15) is 0 Å². The second kappa shape index (κ2) is 19.4. The maximum absolute atomic E-state index is 12.8. The van der Waals surface area contributed by atoms with Crippen molar-refractivity contribution >= 4 is 29.4 Å². The lowest BCUT2D eigenvalue weighted by molar-refractivity contribution is -0.135. The summed E-state index contributed by atoms with van der Waals surface area (Å²) in [7, 11) is 0. The minimum Gasteiger partial charge on any atom is -0.462 e. The Labute approximate surface area is 273 Å². The van der Waals surface area contributed by atoms with Crippen LogP contribution < -0.4 is 21.5 Å². The van der Waals surface area contributed by atoms with E-state index in [1.807, 2.05) is 34.6 Å². The van der Waals surface area contributed by atoms with E-state index in [9.17, 15) is 28.4 Å². The van der Waals surface area contributed by atoms with Crippen LogP contribution in [0.1, 0.15) is 68.8 Å². The molecule has 3 N–H and O–H groups in total. The molecule has 2 atom stereocenters. The molecule has 0 bridgehead atoms. The fourth-order valence-electron chi connectivity index (χ4n) is 4.54. The van der Waals surface area contributed by atoms with Gasteiger partial charge in [-0.1, -0.05) is 56.6 Å². The van der Waals surface area contributed by atoms with Crippen molar-refractivity contribution in [1.82, 2.24) is 20.4 Å². The first-order valence-electron chi connectivity index (χ1n) is 15.7. The van der Waals surface area contributed by atoms with Crippen molar-refractivity contribution in [1.29, 1.82) is 0 Å². The highest BCUT2D eigenvalue weighted by atomic mass is 19.1. The van der Waals surface area contributed by atoms with Gasteiger partial charge in [0.1, 0.15) is 23.8 Å². The van der Waals surface area contributed by atoms with E-state index < -0.39 is 29.4 Å². The standard InChI is InChI=1S/C23H25N5O7.C7H7F.2C2H6/c1-13-9-18(27-35-13)21(31)26-17-3-2-7-28(22(17)32)12-19(29)25-16(10-14-4-6-24-20(14)30)11-15-5-8-34-23(15)33;1-6-2-4-7(8)5-3-6;2*1-2/h2-3,7,9,11,14,16H,4-6,8,10,12H2,1H3,(H,24,30)(H,25,29)(H,26,31);2-5H,1H3;2*1-2H3/b15-11+;;;. The van der Waals surface area contributed by atoms with Crippen LogP contribution in [0.25, 0.3) is 0 Å². The molecule has 0 aliphatic carbocycles. The van der Waals surface area contributed by atoms with Gasteiger partial charge in [-0.3, -0.25) is 19.2 Å². The second-order valence-corrected chi connectivity index (χ2v) is 10.2. The fourth-order valence-corrected chi connectivity index (χ4v) is 4.54. The average Bonchev–Trinajstić information content (AvgIpc) is 3.80. The number of carbonyl (C=O) groups excluding carboxylic acids is 4. The summed E-state index contributed by atoms with van der Waals surface area (Å²) < 4.78 is 23.1. The Bertz CT molecular complexity index is 1560. The molecule has 13 heteroatoms. The SMILES string of the molecule is CC.CC.Cc1cc(C(=O)Nc2cccn(CC(=O)NC(/C=C3\CCOC3=O)CC3CCNC3=O)c2=O)no1.Cc1ccc(F)cc1. The molecule has 2 aromatic heterocycles. The topological polar surface area (TPSA) is 162 Å². The second-order valence-electron chi connectivity index (χ2n) is 10.2. The fraction of sp³-hybridized carbons (Fsp3) is 0.412. The largest absolute Gasteiger partial charge is 0.462 e. The zero-order valence-corrected chi connectivity index (χ0v) is 27.7. The highest BCUT2D eigenvalue weighted by Gasteiger charge is 2.29. The Morgan fingerprint density at radius 3 is 2.36 bits per heavy atom. The van der Waals surface area contributed by atoms with Gasteiger partial charge in [0.05, 0.1) is 6.61 Å². The van der Waals surface area contributed by atoms with E-state index in [4.69, 9.17) is 9.26 Å². The van der Waals surface area contributed by atoms with Crippen LogP contribution >= 0.6 is 0 Å². The summed E-state index contributed by atoms with van der Waals surface area (Å²) in [6, 6.07) is 10.2. The van der Waals surface area contributed by atoms with E-state index in [1.54, 1.807) is 25.1 Å². The van der Waals surface area contributed by atoms with Crippen molar-refractivity contribution in [2.45, 2.75) is 73.4 Å². The van der Waals surface area contributed by atoms with Crippen LogP contribution in [0.2, 0.25) is 0 Å². The Morgan fingerprint density at radius 2 is 1.81 bits per heavy atom. The van der Waals surface area contributed by atoms with Crippen molar-refractivity contribution in [3.05, 3.63) is 93.5 Å². The quantitative estimate of drug-likeness (QED) is 0.237. The minimum absolute atomic E-state index is 0.0207. The third kappa shape index (κ3) is 12.0. The monoisotopic (exact) mass is 653 g/mol. The third-order valence-corrected chi connectivity index (χ3v) is 6.77. The molecule has 2 aliphatic rings. The number of nitrogens with one attached hydrogen (secondary N) is 3. The number of hydrogen-bond donors (Lipinski definition) is 3. The van der Waals surface area contributed by atoms with Crippen LogP contribution in [0.3, 0.4) is 0 Å². The molecule has 4 heterocycles. The van der Waals surface area contributed by atoms with Crippen molar-refractivity contribution in [2.75, 3.05) is 18.5 Å². The van der Waals surface area contributed by atoms with Crippen LogP contribution in [0, 0.1) is 25.6 Å². The number of amides is 3. The van der Waals surface area contributed by atoms with Gasteiger partial charge in [-0.25, -0.2) is 9.18 Å². The Kier molecular flexibility index (Phi) is 15.8. The van der Waals surface area contributed by atoms with E-state index in [1.165, 1.54) is 36.5 Å². The lowest BCUT2D eigenvalue weighted by atomic mass is 9.96. The highest BCUT2D eigenvalue weighted by Crippen LogP contribution is 2.20. The average molecular weight is 654 g/mol. The third-order valence-electron chi connectivity index (χ3n) is 6.77. The van der Waals surface area contributed by atoms with Gasteiger partial charge in [0.25, 0.3) is 11.5 Å². The molecular weight excluding hydrogens is 609 g/mol.